The third-order valence-corrected chi connectivity index (χ3v) is 2.96. The summed E-state index contributed by atoms with van der Waals surface area (Å²) in [6, 6.07) is 0.930. The number of aliphatic hydroxyl groups excluding tert-OH is 1. The second kappa shape index (κ2) is 4.83. The molecule has 2 nitrogen and oxygen atoms in total. The van der Waals surface area contributed by atoms with Crippen LogP contribution >= 0.6 is 0 Å². The molecule has 1 aliphatic rings. The van der Waals surface area contributed by atoms with E-state index < -0.39 is 0 Å². The molecule has 1 saturated carbocycles. The molecule has 0 aromatic heterocycles. The van der Waals surface area contributed by atoms with Crippen LogP contribution in [-0.2, 0) is 0 Å². The Morgan fingerprint density at radius 3 is 2.83 bits per heavy atom. The van der Waals surface area contributed by atoms with Crippen molar-refractivity contribution in [3.8, 4) is 0 Å². The lowest BCUT2D eigenvalue weighted by Gasteiger charge is -2.23. The fourth-order valence-corrected chi connectivity index (χ4v) is 2.16. The Morgan fingerprint density at radius 1 is 1.50 bits per heavy atom. The van der Waals surface area contributed by atoms with E-state index in [-0.39, 0.29) is 12.6 Å². The van der Waals surface area contributed by atoms with Crippen LogP contribution in [0.5, 0.6) is 0 Å². The first kappa shape index (κ1) is 10.0. The molecule has 1 fully saturated rings. The van der Waals surface area contributed by atoms with Crippen molar-refractivity contribution in [2.75, 3.05) is 6.61 Å². The minimum Gasteiger partial charge on any atom is -0.395 e. The van der Waals surface area contributed by atoms with Crippen LogP contribution in [0.2, 0.25) is 0 Å². The Labute approximate surface area is 75.4 Å². The van der Waals surface area contributed by atoms with Crippen LogP contribution in [0.4, 0.5) is 0 Å². The van der Waals surface area contributed by atoms with Gasteiger partial charge in [0, 0.05) is 12.1 Å². The first-order chi connectivity index (χ1) is 5.77. The van der Waals surface area contributed by atoms with Crippen molar-refractivity contribution in [3.05, 3.63) is 0 Å². The molecule has 12 heavy (non-hydrogen) atoms. The molecular weight excluding hydrogens is 150 g/mol. The molecule has 0 bridgehead atoms. The summed E-state index contributed by atoms with van der Waals surface area (Å²) in [6.07, 6.45) is 5.29. The Morgan fingerprint density at radius 2 is 2.25 bits per heavy atom. The summed E-state index contributed by atoms with van der Waals surface area (Å²) in [5, 5.41) is 12.4. The highest BCUT2D eigenvalue weighted by Crippen LogP contribution is 2.28. The van der Waals surface area contributed by atoms with Crippen LogP contribution in [0.1, 0.15) is 39.5 Å². The lowest BCUT2D eigenvalue weighted by atomic mass is 10.0. The van der Waals surface area contributed by atoms with Gasteiger partial charge in [-0.25, -0.2) is 0 Å². The minimum atomic E-state index is 0.257. The molecule has 1 aliphatic carbocycles. The number of hydrogen-bond acceptors (Lipinski definition) is 2. The SMILES string of the molecule is CCC1CCCC1N[C@H](C)CO. The van der Waals surface area contributed by atoms with Crippen molar-refractivity contribution in [1.29, 1.82) is 0 Å². The topological polar surface area (TPSA) is 32.3 Å². The molecule has 0 aliphatic heterocycles. The minimum absolute atomic E-state index is 0.257. The average molecular weight is 171 g/mol. The predicted octanol–water partition coefficient (Wildman–Crippen LogP) is 1.54. The van der Waals surface area contributed by atoms with Gasteiger partial charge in [0.1, 0.15) is 0 Å². The Balaban J connectivity index is 2.30. The van der Waals surface area contributed by atoms with Crippen LogP contribution in [0.25, 0.3) is 0 Å². The first-order valence-electron chi connectivity index (χ1n) is 5.14. The van der Waals surface area contributed by atoms with E-state index >= 15 is 0 Å². The van der Waals surface area contributed by atoms with Gasteiger partial charge in [0.25, 0.3) is 0 Å². The quantitative estimate of drug-likeness (QED) is 0.672. The molecule has 0 saturated heterocycles. The maximum absolute atomic E-state index is 8.89. The third kappa shape index (κ3) is 2.46. The fourth-order valence-electron chi connectivity index (χ4n) is 2.16. The molecule has 2 N–H and O–H groups in total. The summed E-state index contributed by atoms with van der Waals surface area (Å²) in [7, 11) is 0. The van der Waals surface area contributed by atoms with Crippen molar-refractivity contribution in [1.82, 2.24) is 5.32 Å². The zero-order valence-corrected chi connectivity index (χ0v) is 8.21. The number of aliphatic hydroxyl groups is 1. The second-order valence-corrected chi connectivity index (χ2v) is 3.96. The zero-order chi connectivity index (χ0) is 8.97. The predicted molar refractivity (Wildman–Crippen MR) is 51.1 cm³/mol. The van der Waals surface area contributed by atoms with Crippen molar-refractivity contribution in [3.63, 3.8) is 0 Å². The van der Waals surface area contributed by atoms with E-state index in [4.69, 9.17) is 5.11 Å². The molecule has 0 spiro atoms. The summed E-state index contributed by atoms with van der Waals surface area (Å²) < 4.78 is 0. The molecule has 0 amide bonds. The normalized spacial score (nSPS) is 32.2. The first-order valence-corrected chi connectivity index (χ1v) is 5.14. The highest BCUT2D eigenvalue weighted by atomic mass is 16.3. The second-order valence-electron chi connectivity index (χ2n) is 3.96. The number of rotatable bonds is 4. The van der Waals surface area contributed by atoms with Gasteiger partial charge in [-0.05, 0) is 25.7 Å². The fraction of sp³-hybridized carbons (Fsp3) is 1.00. The summed E-state index contributed by atoms with van der Waals surface area (Å²) in [6.45, 7) is 4.56. The smallest absolute Gasteiger partial charge is 0.0582 e. The molecule has 72 valence electrons. The molecule has 2 heteroatoms. The van der Waals surface area contributed by atoms with Gasteiger partial charge in [-0.1, -0.05) is 19.8 Å². The maximum Gasteiger partial charge on any atom is 0.0582 e. The van der Waals surface area contributed by atoms with Crippen molar-refractivity contribution < 1.29 is 5.11 Å². The van der Waals surface area contributed by atoms with Crippen molar-refractivity contribution >= 4 is 0 Å². The Kier molecular flexibility index (Phi) is 4.02. The van der Waals surface area contributed by atoms with Gasteiger partial charge in [0.05, 0.1) is 6.61 Å². The van der Waals surface area contributed by atoms with Crippen LogP contribution < -0.4 is 5.32 Å². The van der Waals surface area contributed by atoms with E-state index in [1.165, 1.54) is 25.7 Å². The highest BCUT2D eigenvalue weighted by Gasteiger charge is 2.26. The number of hydrogen-bond donors (Lipinski definition) is 2. The average Bonchev–Trinajstić information content (AvgIpc) is 2.51. The summed E-state index contributed by atoms with van der Waals surface area (Å²) in [4.78, 5) is 0. The van der Waals surface area contributed by atoms with E-state index in [9.17, 15) is 0 Å². The molecule has 2 unspecified atom stereocenters. The molecule has 0 radical (unpaired) electrons. The summed E-state index contributed by atoms with van der Waals surface area (Å²) >= 11 is 0. The molecule has 0 heterocycles. The summed E-state index contributed by atoms with van der Waals surface area (Å²) in [5.74, 6) is 0.846. The van der Waals surface area contributed by atoms with E-state index in [0.29, 0.717) is 6.04 Å². The third-order valence-electron chi connectivity index (χ3n) is 2.96. The van der Waals surface area contributed by atoms with E-state index in [1.54, 1.807) is 0 Å². The molecule has 0 aromatic carbocycles. The van der Waals surface area contributed by atoms with E-state index in [2.05, 4.69) is 12.2 Å². The van der Waals surface area contributed by atoms with Crippen LogP contribution in [0.15, 0.2) is 0 Å². The Hall–Kier alpha value is -0.0800. The lowest BCUT2D eigenvalue weighted by Crippen LogP contribution is -2.40. The van der Waals surface area contributed by atoms with Gasteiger partial charge < -0.3 is 10.4 Å². The Bertz CT molecular complexity index is 127. The van der Waals surface area contributed by atoms with Crippen LogP contribution in [-0.4, -0.2) is 23.8 Å². The number of nitrogens with one attached hydrogen (secondary N) is 1. The maximum atomic E-state index is 8.89. The van der Waals surface area contributed by atoms with E-state index in [0.717, 1.165) is 5.92 Å². The van der Waals surface area contributed by atoms with E-state index in [1.807, 2.05) is 6.92 Å². The largest absolute Gasteiger partial charge is 0.395 e. The van der Waals surface area contributed by atoms with Crippen molar-refractivity contribution in [2.24, 2.45) is 5.92 Å². The zero-order valence-electron chi connectivity index (χ0n) is 8.21. The standard InChI is InChI=1S/C10H21NO/c1-3-9-5-4-6-10(9)11-8(2)7-12/h8-12H,3-7H2,1-2H3/t8-,9?,10?/m1/s1. The van der Waals surface area contributed by atoms with Crippen molar-refractivity contribution in [2.45, 2.75) is 51.6 Å². The molecular formula is C10H21NO. The molecule has 3 atom stereocenters. The molecule has 1 rings (SSSR count). The van der Waals surface area contributed by atoms with Gasteiger partial charge in [-0.15, -0.1) is 0 Å². The van der Waals surface area contributed by atoms with Gasteiger partial charge in [0.15, 0.2) is 0 Å². The van der Waals surface area contributed by atoms with Crippen LogP contribution in [0.3, 0.4) is 0 Å². The van der Waals surface area contributed by atoms with Gasteiger partial charge in [-0.2, -0.15) is 0 Å². The molecule has 0 aromatic rings. The lowest BCUT2D eigenvalue weighted by molar-refractivity contribution is 0.229. The summed E-state index contributed by atoms with van der Waals surface area (Å²) in [5.41, 5.74) is 0. The van der Waals surface area contributed by atoms with Crippen LogP contribution in [0, 0.1) is 5.92 Å². The van der Waals surface area contributed by atoms with Gasteiger partial charge in [-0.3, -0.25) is 0 Å². The van der Waals surface area contributed by atoms with Gasteiger partial charge in [0.2, 0.25) is 0 Å². The monoisotopic (exact) mass is 171 g/mol. The van der Waals surface area contributed by atoms with Gasteiger partial charge >= 0.3 is 0 Å². The highest BCUT2D eigenvalue weighted by molar-refractivity contribution is 4.83.